The minimum Gasteiger partial charge on any atom is -0.370 e. The summed E-state index contributed by atoms with van der Waals surface area (Å²) in [6, 6.07) is 6.81. The molecule has 0 spiro atoms. The van der Waals surface area contributed by atoms with Crippen molar-refractivity contribution in [3.63, 3.8) is 0 Å². The zero-order valence-corrected chi connectivity index (χ0v) is 12.5. The molecule has 1 amide bonds. The molecule has 0 aliphatic heterocycles. The fraction of sp³-hybridized carbons (Fsp3) is 0.467. The Labute approximate surface area is 125 Å². The Bertz CT molecular complexity index is 458. The highest BCUT2D eigenvalue weighted by Gasteiger charge is 2.13. The summed E-state index contributed by atoms with van der Waals surface area (Å²) in [7, 11) is 0. The Morgan fingerprint density at radius 2 is 1.95 bits per heavy atom. The monoisotopic (exact) mass is 291 g/mol. The SMILES string of the molecule is CCCCCNC(=O)[C@@H](N)Cc1ccc(NC(=N)N)cc1. The summed E-state index contributed by atoms with van der Waals surface area (Å²) in [6.07, 6.45) is 3.71. The summed E-state index contributed by atoms with van der Waals surface area (Å²) in [5, 5.41) is 12.7. The first-order valence-electron chi connectivity index (χ1n) is 7.26. The largest absolute Gasteiger partial charge is 0.370 e. The number of rotatable bonds is 8. The van der Waals surface area contributed by atoms with Gasteiger partial charge in [-0.05, 0) is 30.5 Å². The van der Waals surface area contributed by atoms with E-state index in [9.17, 15) is 4.79 Å². The van der Waals surface area contributed by atoms with Gasteiger partial charge in [-0.3, -0.25) is 10.2 Å². The summed E-state index contributed by atoms with van der Waals surface area (Å²) in [4.78, 5) is 11.8. The number of nitrogens with one attached hydrogen (secondary N) is 3. The van der Waals surface area contributed by atoms with Crippen LogP contribution in [0, 0.1) is 5.41 Å². The summed E-state index contributed by atoms with van der Waals surface area (Å²) in [5.41, 5.74) is 12.9. The molecule has 6 heteroatoms. The first kappa shape index (κ1) is 17.0. The molecule has 1 aromatic carbocycles. The Kier molecular flexibility index (Phi) is 7.25. The third-order valence-corrected chi connectivity index (χ3v) is 3.10. The topological polar surface area (TPSA) is 117 Å². The number of hydrogen-bond donors (Lipinski definition) is 5. The van der Waals surface area contributed by atoms with Gasteiger partial charge in [0.05, 0.1) is 6.04 Å². The predicted molar refractivity (Wildman–Crippen MR) is 86.2 cm³/mol. The van der Waals surface area contributed by atoms with Gasteiger partial charge in [-0.1, -0.05) is 31.9 Å². The lowest BCUT2D eigenvalue weighted by atomic mass is 10.1. The zero-order valence-electron chi connectivity index (χ0n) is 12.5. The Morgan fingerprint density at radius 3 is 2.52 bits per heavy atom. The van der Waals surface area contributed by atoms with Crippen LogP contribution in [0.4, 0.5) is 5.69 Å². The van der Waals surface area contributed by atoms with Crippen molar-refractivity contribution in [1.82, 2.24) is 5.32 Å². The number of guanidine groups is 1. The molecule has 21 heavy (non-hydrogen) atoms. The predicted octanol–water partition coefficient (Wildman–Crippen LogP) is 1.17. The molecule has 6 nitrogen and oxygen atoms in total. The minimum absolute atomic E-state index is 0.106. The molecule has 0 unspecified atom stereocenters. The van der Waals surface area contributed by atoms with Crippen molar-refractivity contribution in [2.45, 2.75) is 38.6 Å². The molecular formula is C15H25N5O. The molecular weight excluding hydrogens is 266 g/mol. The molecule has 0 heterocycles. The molecule has 7 N–H and O–H groups in total. The van der Waals surface area contributed by atoms with E-state index >= 15 is 0 Å². The lowest BCUT2D eigenvalue weighted by Crippen LogP contribution is -2.42. The van der Waals surface area contributed by atoms with Crippen LogP contribution in [0.2, 0.25) is 0 Å². The minimum atomic E-state index is -0.543. The highest BCUT2D eigenvalue weighted by molar-refractivity contribution is 5.89. The molecule has 0 bridgehead atoms. The quantitative estimate of drug-likeness (QED) is 0.281. The van der Waals surface area contributed by atoms with Gasteiger partial charge in [-0.2, -0.15) is 0 Å². The third-order valence-electron chi connectivity index (χ3n) is 3.10. The maximum Gasteiger partial charge on any atom is 0.237 e. The standard InChI is InChI=1S/C15H25N5O/c1-2-3-4-9-19-14(21)13(16)10-11-5-7-12(8-6-11)20-15(17)18/h5-8,13H,2-4,9-10,16H2,1H3,(H,19,21)(H4,17,18,20)/t13-/m0/s1. The lowest BCUT2D eigenvalue weighted by Gasteiger charge is -2.13. The van der Waals surface area contributed by atoms with Crippen molar-refractivity contribution in [3.8, 4) is 0 Å². The summed E-state index contributed by atoms with van der Waals surface area (Å²) in [6.45, 7) is 2.81. The van der Waals surface area contributed by atoms with Crippen molar-refractivity contribution in [2.24, 2.45) is 11.5 Å². The van der Waals surface area contributed by atoms with Crippen LogP contribution in [0.1, 0.15) is 31.7 Å². The van der Waals surface area contributed by atoms with Crippen molar-refractivity contribution in [2.75, 3.05) is 11.9 Å². The first-order chi connectivity index (χ1) is 10.0. The van der Waals surface area contributed by atoms with E-state index < -0.39 is 6.04 Å². The fourth-order valence-corrected chi connectivity index (χ4v) is 1.94. The Morgan fingerprint density at radius 1 is 1.29 bits per heavy atom. The second-order valence-electron chi connectivity index (χ2n) is 5.04. The van der Waals surface area contributed by atoms with Crippen LogP contribution in [-0.2, 0) is 11.2 Å². The van der Waals surface area contributed by atoms with Crippen LogP contribution in [0.25, 0.3) is 0 Å². The number of hydrogen-bond acceptors (Lipinski definition) is 3. The van der Waals surface area contributed by atoms with Gasteiger partial charge in [0, 0.05) is 12.2 Å². The average Bonchev–Trinajstić information content (AvgIpc) is 2.45. The van der Waals surface area contributed by atoms with Crippen LogP contribution in [0.3, 0.4) is 0 Å². The number of anilines is 1. The molecule has 0 aliphatic rings. The Balaban J connectivity index is 2.41. The number of nitrogens with two attached hydrogens (primary N) is 2. The molecule has 1 rings (SSSR count). The first-order valence-corrected chi connectivity index (χ1v) is 7.26. The molecule has 1 aromatic rings. The van der Waals surface area contributed by atoms with Crippen LogP contribution < -0.4 is 22.1 Å². The Hall–Kier alpha value is -2.08. The van der Waals surface area contributed by atoms with Gasteiger partial charge < -0.3 is 22.1 Å². The third kappa shape index (κ3) is 6.76. The number of carbonyl (C=O) groups excluding carboxylic acids is 1. The number of amides is 1. The van der Waals surface area contributed by atoms with Gasteiger partial charge >= 0.3 is 0 Å². The van der Waals surface area contributed by atoms with Gasteiger partial charge in [-0.25, -0.2) is 0 Å². The van der Waals surface area contributed by atoms with Crippen molar-refractivity contribution < 1.29 is 4.79 Å². The van der Waals surface area contributed by atoms with Gasteiger partial charge in [0.25, 0.3) is 0 Å². The van der Waals surface area contributed by atoms with E-state index in [1.807, 2.05) is 24.3 Å². The lowest BCUT2D eigenvalue weighted by molar-refractivity contribution is -0.122. The van der Waals surface area contributed by atoms with Crippen LogP contribution in [-0.4, -0.2) is 24.5 Å². The zero-order chi connectivity index (χ0) is 15.7. The second-order valence-corrected chi connectivity index (χ2v) is 5.04. The highest BCUT2D eigenvalue weighted by Crippen LogP contribution is 2.10. The van der Waals surface area contributed by atoms with E-state index in [1.54, 1.807) is 0 Å². The van der Waals surface area contributed by atoms with E-state index in [-0.39, 0.29) is 11.9 Å². The molecule has 0 aliphatic carbocycles. The van der Waals surface area contributed by atoms with Crippen LogP contribution in [0.5, 0.6) is 0 Å². The van der Waals surface area contributed by atoms with E-state index in [1.165, 1.54) is 0 Å². The smallest absolute Gasteiger partial charge is 0.237 e. The van der Waals surface area contributed by atoms with E-state index in [4.69, 9.17) is 16.9 Å². The van der Waals surface area contributed by atoms with Gasteiger partial charge in [-0.15, -0.1) is 0 Å². The highest BCUT2D eigenvalue weighted by atomic mass is 16.2. The number of carbonyl (C=O) groups is 1. The molecule has 0 radical (unpaired) electrons. The maximum absolute atomic E-state index is 11.8. The second kappa shape index (κ2) is 8.97. The van der Waals surface area contributed by atoms with Gasteiger partial charge in [0.2, 0.25) is 5.91 Å². The van der Waals surface area contributed by atoms with E-state index in [2.05, 4.69) is 17.6 Å². The number of benzene rings is 1. The fourth-order valence-electron chi connectivity index (χ4n) is 1.94. The molecule has 116 valence electrons. The molecule has 0 saturated carbocycles. The number of unbranched alkanes of at least 4 members (excludes halogenated alkanes) is 2. The van der Waals surface area contributed by atoms with E-state index in [0.29, 0.717) is 13.0 Å². The normalized spacial score (nSPS) is 11.7. The maximum atomic E-state index is 11.8. The molecule has 0 fully saturated rings. The molecule has 1 atom stereocenters. The van der Waals surface area contributed by atoms with Gasteiger partial charge in [0.1, 0.15) is 0 Å². The van der Waals surface area contributed by atoms with Crippen molar-refractivity contribution in [3.05, 3.63) is 29.8 Å². The summed E-state index contributed by atoms with van der Waals surface area (Å²) in [5.74, 6) is -0.219. The van der Waals surface area contributed by atoms with Crippen molar-refractivity contribution in [1.29, 1.82) is 5.41 Å². The summed E-state index contributed by atoms with van der Waals surface area (Å²) >= 11 is 0. The van der Waals surface area contributed by atoms with E-state index in [0.717, 1.165) is 30.5 Å². The molecule has 0 saturated heterocycles. The van der Waals surface area contributed by atoms with Gasteiger partial charge in [0.15, 0.2) is 5.96 Å². The average molecular weight is 291 g/mol. The van der Waals surface area contributed by atoms with Crippen LogP contribution in [0.15, 0.2) is 24.3 Å². The van der Waals surface area contributed by atoms with Crippen LogP contribution >= 0.6 is 0 Å². The molecule has 0 aromatic heterocycles. The summed E-state index contributed by atoms with van der Waals surface area (Å²) < 4.78 is 0. The van der Waals surface area contributed by atoms with Crippen molar-refractivity contribution >= 4 is 17.6 Å².